The average Bonchev–Trinajstić information content (AvgIpc) is 3.40. The molecule has 2 unspecified atom stereocenters. The summed E-state index contributed by atoms with van der Waals surface area (Å²) in [6.45, 7) is 4.94. The zero-order valence-corrected chi connectivity index (χ0v) is 50.1. The van der Waals surface area contributed by atoms with Crippen LogP contribution in [0.2, 0.25) is 0 Å². The average molecular weight is 1040 g/mol. The molecule has 0 heterocycles. The van der Waals surface area contributed by atoms with Crippen molar-refractivity contribution in [3.05, 3.63) is 24.3 Å². The van der Waals surface area contributed by atoms with Gasteiger partial charge in [0.25, 0.3) is 0 Å². The summed E-state index contributed by atoms with van der Waals surface area (Å²) in [6, 6.07) is -0.538. The quantitative estimate of drug-likeness (QED) is 0.0320. The predicted octanol–water partition coefficient (Wildman–Crippen LogP) is 21.4. The molecule has 0 fully saturated rings. The van der Waals surface area contributed by atoms with E-state index in [9.17, 15) is 19.8 Å². The number of rotatable bonds is 63. The molecule has 74 heavy (non-hydrogen) atoms. The van der Waals surface area contributed by atoms with E-state index in [2.05, 4.69) is 43.5 Å². The summed E-state index contributed by atoms with van der Waals surface area (Å²) in [5.74, 6) is -0.0222. The van der Waals surface area contributed by atoms with Crippen LogP contribution < -0.4 is 5.32 Å². The number of carbonyl (C=O) groups is 2. The molecule has 0 bridgehead atoms. The maximum Gasteiger partial charge on any atom is 0.305 e. The van der Waals surface area contributed by atoms with Crippen LogP contribution in [0.3, 0.4) is 0 Å². The van der Waals surface area contributed by atoms with E-state index in [-0.39, 0.29) is 18.5 Å². The van der Waals surface area contributed by atoms with Crippen molar-refractivity contribution in [1.29, 1.82) is 0 Å². The Balaban J connectivity index is 3.34. The highest BCUT2D eigenvalue weighted by atomic mass is 16.5. The Morgan fingerprint density at radius 3 is 1.00 bits per heavy atom. The SMILES string of the molecule is CCCC/C=C\CCCCCCCC(=O)OCCCCCCCCCCCCCC/C=C\CCCCCCCCCCCCCCCCCCCC(=O)NC(CO)C(O)CCCCCCCCCCCCCCC. The fraction of sp³-hybridized carbons (Fsp3) is 0.912. The highest BCUT2D eigenvalue weighted by Crippen LogP contribution is 2.18. The van der Waals surface area contributed by atoms with Crippen LogP contribution in [-0.2, 0) is 14.3 Å². The molecule has 6 nitrogen and oxygen atoms in total. The summed E-state index contributed by atoms with van der Waals surface area (Å²) in [4.78, 5) is 24.5. The summed E-state index contributed by atoms with van der Waals surface area (Å²) in [5, 5.41) is 23.3. The molecule has 0 aromatic rings. The summed E-state index contributed by atoms with van der Waals surface area (Å²) in [7, 11) is 0. The van der Waals surface area contributed by atoms with Gasteiger partial charge in [-0.2, -0.15) is 0 Å². The van der Waals surface area contributed by atoms with Gasteiger partial charge in [0, 0.05) is 12.8 Å². The number of carbonyl (C=O) groups excluding carboxylic acids is 2. The van der Waals surface area contributed by atoms with Crippen LogP contribution in [0.4, 0.5) is 0 Å². The van der Waals surface area contributed by atoms with E-state index >= 15 is 0 Å². The molecule has 6 heteroatoms. The molecule has 3 N–H and O–H groups in total. The van der Waals surface area contributed by atoms with Gasteiger partial charge in [-0.25, -0.2) is 0 Å². The van der Waals surface area contributed by atoms with Crippen molar-refractivity contribution in [2.24, 2.45) is 0 Å². The molecular weight excluding hydrogens is 911 g/mol. The van der Waals surface area contributed by atoms with Crippen LogP contribution in [0.25, 0.3) is 0 Å². The zero-order chi connectivity index (χ0) is 53.6. The van der Waals surface area contributed by atoms with Gasteiger partial charge in [0.1, 0.15) is 0 Å². The molecule has 0 aliphatic rings. The monoisotopic (exact) mass is 1040 g/mol. The fourth-order valence-corrected chi connectivity index (χ4v) is 10.6. The van der Waals surface area contributed by atoms with Crippen LogP contribution >= 0.6 is 0 Å². The first-order chi connectivity index (χ1) is 36.5. The fourth-order valence-electron chi connectivity index (χ4n) is 10.6. The first kappa shape index (κ1) is 72.3. The first-order valence-electron chi connectivity index (χ1n) is 33.6. The van der Waals surface area contributed by atoms with Crippen molar-refractivity contribution in [2.75, 3.05) is 13.2 Å². The topological polar surface area (TPSA) is 95.9 Å². The van der Waals surface area contributed by atoms with Gasteiger partial charge in [-0.05, 0) is 70.6 Å². The lowest BCUT2D eigenvalue weighted by Gasteiger charge is -2.22. The van der Waals surface area contributed by atoms with Gasteiger partial charge in [-0.3, -0.25) is 9.59 Å². The number of hydrogen-bond acceptors (Lipinski definition) is 5. The van der Waals surface area contributed by atoms with E-state index < -0.39 is 12.1 Å². The van der Waals surface area contributed by atoms with Gasteiger partial charge < -0.3 is 20.3 Å². The predicted molar refractivity (Wildman–Crippen MR) is 324 cm³/mol. The van der Waals surface area contributed by atoms with Crippen molar-refractivity contribution in [3.63, 3.8) is 0 Å². The van der Waals surface area contributed by atoms with E-state index in [1.165, 1.54) is 295 Å². The van der Waals surface area contributed by atoms with E-state index in [0.29, 0.717) is 25.9 Å². The number of allylic oxidation sites excluding steroid dienone is 4. The molecule has 0 aromatic heterocycles. The summed E-state index contributed by atoms with van der Waals surface area (Å²) >= 11 is 0. The number of aliphatic hydroxyl groups is 2. The minimum absolute atomic E-state index is 0.00783. The Morgan fingerprint density at radius 2 is 0.649 bits per heavy atom. The van der Waals surface area contributed by atoms with E-state index in [1.807, 2.05) is 0 Å². The largest absolute Gasteiger partial charge is 0.466 e. The van der Waals surface area contributed by atoms with Gasteiger partial charge in [-0.1, -0.05) is 314 Å². The third-order valence-corrected chi connectivity index (χ3v) is 15.7. The Hall–Kier alpha value is -1.66. The zero-order valence-electron chi connectivity index (χ0n) is 50.1. The Morgan fingerprint density at radius 1 is 0.365 bits per heavy atom. The van der Waals surface area contributed by atoms with Crippen LogP contribution in [0.5, 0.6) is 0 Å². The molecule has 0 aromatic carbocycles. The van der Waals surface area contributed by atoms with Crippen molar-refractivity contribution >= 4 is 11.9 Å². The van der Waals surface area contributed by atoms with E-state index in [4.69, 9.17) is 4.74 Å². The minimum Gasteiger partial charge on any atom is -0.466 e. The normalized spacial score (nSPS) is 12.6. The lowest BCUT2D eigenvalue weighted by atomic mass is 10.0. The standard InChI is InChI=1S/C68H131NO5/c1-3-5-7-9-11-13-15-37-41-44-48-52-56-60-66(71)65(64-70)69-67(72)61-57-53-49-45-42-38-35-33-31-29-27-25-23-21-19-17-16-18-20-22-24-26-28-30-32-34-36-39-43-47-51-55-59-63-74-68(73)62-58-54-50-46-40-14-12-10-8-6-4-2/h10,12,20,22,65-66,70-71H,3-9,11,13-19,21,23-64H2,1-2H3,(H,69,72)/b12-10-,22-20-. The van der Waals surface area contributed by atoms with Gasteiger partial charge in [0.05, 0.1) is 25.4 Å². The smallest absolute Gasteiger partial charge is 0.305 e. The second-order valence-corrected chi connectivity index (χ2v) is 23.1. The van der Waals surface area contributed by atoms with Gasteiger partial charge in [0.15, 0.2) is 0 Å². The summed E-state index contributed by atoms with van der Waals surface area (Å²) in [5.41, 5.74) is 0. The number of aliphatic hydroxyl groups excluding tert-OH is 2. The van der Waals surface area contributed by atoms with Crippen LogP contribution in [0.15, 0.2) is 24.3 Å². The Kier molecular flexibility index (Phi) is 62.4. The second kappa shape index (κ2) is 63.9. The molecule has 0 rings (SSSR count). The van der Waals surface area contributed by atoms with Crippen molar-refractivity contribution in [2.45, 2.75) is 386 Å². The maximum atomic E-state index is 12.5. The van der Waals surface area contributed by atoms with Crippen molar-refractivity contribution in [1.82, 2.24) is 5.32 Å². The molecule has 0 saturated heterocycles. The molecule has 0 radical (unpaired) electrons. The molecular formula is C68H131NO5. The molecule has 1 amide bonds. The summed E-state index contributed by atoms with van der Waals surface area (Å²) < 4.78 is 5.46. The van der Waals surface area contributed by atoms with Gasteiger partial charge in [-0.15, -0.1) is 0 Å². The molecule has 2 atom stereocenters. The van der Waals surface area contributed by atoms with E-state index in [0.717, 1.165) is 44.9 Å². The molecule has 438 valence electrons. The number of amides is 1. The van der Waals surface area contributed by atoms with E-state index in [1.54, 1.807) is 0 Å². The minimum atomic E-state index is -0.661. The number of hydrogen-bond donors (Lipinski definition) is 3. The maximum absolute atomic E-state index is 12.5. The second-order valence-electron chi connectivity index (χ2n) is 23.1. The van der Waals surface area contributed by atoms with Crippen molar-refractivity contribution < 1.29 is 24.5 Å². The number of unbranched alkanes of at least 4 members (excludes halogenated alkanes) is 48. The Labute approximate surface area is 462 Å². The van der Waals surface area contributed by atoms with Gasteiger partial charge >= 0.3 is 5.97 Å². The molecule has 0 aliphatic carbocycles. The lowest BCUT2D eigenvalue weighted by molar-refractivity contribution is -0.143. The molecule has 0 spiro atoms. The van der Waals surface area contributed by atoms with Gasteiger partial charge in [0.2, 0.25) is 5.91 Å². The van der Waals surface area contributed by atoms with Crippen LogP contribution in [-0.4, -0.2) is 47.4 Å². The third-order valence-electron chi connectivity index (χ3n) is 15.7. The third kappa shape index (κ3) is 59.6. The summed E-state index contributed by atoms with van der Waals surface area (Å²) in [6.07, 6.45) is 79.4. The Bertz CT molecular complexity index is 1150. The van der Waals surface area contributed by atoms with Crippen LogP contribution in [0, 0.1) is 0 Å². The molecule has 0 saturated carbocycles. The number of ether oxygens (including phenoxy) is 1. The molecule has 0 aliphatic heterocycles. The number of esters is 1. The van der Waals surface area contributed by atoms with Crippen molar-refractivity contribution in [3.8, 4) is 0 Å². The number of nitrogens with one attached hydrogen (secondary N) is 1. The lowest BCUT2D eigenvalue weighted by Crippen LogP contribution is -2.45. The highest BCUT2D eigenvalue weighted by molar-refractivity contribution is 5.76. The van der Waals surface area contributed by atoms with Crippen LogP contribution in [0.1, 0.15) is 373 Å². The first-order valence-corrected chi connectivity index (χ1v) is 33.6. The highest BCUT2D eigenvalue weighted by Gasteiger charge is 2.20.